The van der Waals surface area contributed by atoms with Crippen molar-refractivity contribution in [3.05, 3.63) is 57.1 Å². The number of nitrogens with one attached hydrogen (secondary N) is 1. The Bertz CT molecular complexity index is 869. The molecule has 2 aromatic carbocycles. The molecule has 146 valence electrons. The Kier molecular flexibility index (Phi) is 6.65. The summed E-state index contributed by atoms with van der Waals surface area (Å²) in [5.74, 6) is -2.19. The molecule has 0 saturated carbocycles. The predicted octanol–water partition coefficient (Wildman–Crippen LogP) is 4.47. The molecule has 7 heteroatoms. The number of hydrogen-bond donors (Lipinski definition) is 2. The van der Waals surface area contributed by atoms with Crippen molar-refractivity contribution in [2.45, 2.75) is 33.1 Å². The Morgan fingerprint density at radius 1 is 1.30 bits per heavy atom. The van der Waals surface area contributed by atoms with E-state index in [0.717, 1.165) is 0 Å². The van der Waals surface area contributed by atoms with Gasteiger partial charge in [0.2, 0.25) is 0 Å². The van der Waals surface area contributed by atoms with Gasteiger partial charge >= 0.3 is 0 Å². The van der Waals surface area contributed by atoms with Crippen LogP contribution in [0.25, 0.3) is 0 Å². The van der Waals surface area contributed by atoms with Crippen LogP contribution in [0.15, 0.2) is 18.2 Å². The Hall–Kier alpha value is -2.34. The molecule has 1 amide bonds. The highest BCUT2D eigenvalue weighted by molar-refractivity contribution is 6.31. The second-order valence-corrected chi connectivity index (χ2v) is 6.94. The second kappa shape index (κ2) is 8.57. The number of aromatic hydroxyl groups is 1. The molecule has 27 heavy (non-hydrogen) atoms. The molecule has 0 heterocycles. The summed E-state index contributed by atoms with van der Waals surface area (Å²) in [4.78, 5) is 11.3. The van der Waals surface area contributed by atoms with Crippen LogP contribution in [0.4, 0.5) is 8.78 Å². The number of benzene rings is 2. The maximum atomic E-state index is 14.8. The first kappa shape index (κ1) is 21.0. The van der Waals surface area contributed by atoms with Gasteiger partial charge in [0, 0.05) is 19.0 Å². The summed E-state index contributed by atoms with van der Waals surface area (Å²) in [7, 11) is 1.45. The third-order valence-electron chi connectivity index (χ3n) is 4.32. The number of aryl methyl sites for hydroxylation is 1. The van der Waals surface area contributed by atoms with Gasteiger partial charge in [0.15, 0.2) is 18.2 Å². The lowest BCUT2D eigenvalue weighted by molar-refractivity contribution is -0.122. The van der Waals surface area contributed by atoms with Gasteiger partial charge in [-0.3, -0.25) is 4.79 Å². The van der Waals surface area contributed by atoms with Crippen LogP contribution in [0.5, 0.6) is 11.5 Å². The van der Waals surface area contributed by atoms with Gasteiger partial charge in [-0.15, -0.1) is 0 Å². The van der Waals surface area contributed by atoms with Gasteiger partial charge < -0.3 is 15.2 Å². The van der Waals surface area contributed by atoms with Gasteiger partial charge in [-0.2, -0.15) is 0 Å². The summed E-state index contributed by atoms with van der Waals surface area (Å²) in [5.41, 5.74) is 1.54. The van der Waals surface area contributed by atoms with Crippen LogP contribution >= 0.6 is 11.6 Å². The molecular formula is C20H22ClF2NO3. The van der Waals surface area contributed by atoms with Crippen LogP contribution in [0.1, 0.15) is 42.0 Å². The molecule has 0 fully saturated rings. The maximum absolute atomic E-state index is 14.8. The first-order valence-electron chi connectivity index (χ1n) is 8.48. The number of halogens is 3. The van der Waals surface area contributed by atoms with E-state index in [-0.39, 0.29) is 41.0 Å². The standard InChI is InChI=1S/C20H22ClF2NO3/c1-10(2)17-14(25)6-5-12(19(17)22)8-13-11(3)7-15(20(23)18(13)21)27-9-16(26)24-4/h5-7,10,25H,8-9H2,1-4H3,(H,24,26). The first-order chi connectivity index (χ1) is 12.7. The molecule has 0 atom stereocenters. The van der Waals surface area contributed by atoms with Gasteiger partial charge in [0.25, 0.3) is 5.91 Å². The lowest BCUT2D eigenvalue weighted by Gasteiger charge is -2.16. The van der Waals surface area contributed by atoms with Crippen LogP contribution in [0.3, 0.4) is 0 Å². The van der Waals surface area contributed by atoms with E-state index in [1.165, 1.54) is 25.2 Å². The fraction of sp³-hybridized carbons (Fsp3) is 0.350. The minimum Gasteiger partial charge on any atom is -0.508 e. The number of phenolic OH excluding ortho intramolecular Hbond substituents is 1. The molecule has 0 aliphatic heterocycles. The quantitative estimate of drug-likeness (QED) is 0.756. The maximum Gasteiger partial charge on any atom is 0.257 e. The molecule has 0 spiro atoms. The Morgan fingerprint density at radius 2 is 1.96 bits per heavy atom. The summed E-state index contributed by atoms with van der Waals surface area (Å²) >= 11 is 6.16. The van der Waals surface area contributed by atoms with E-state index in [0.29, 0.717) is 16.7 Å². The number of ether oxygens (including phenoxy) is 1. The van der Waals surface area contributed by atoms with E-state index in [2.05, 4.69) is 5.32 Å². The molecular weight excluding hydrogens is 376 g/mol. The van der Waals surface area contributed by atoms with Crippen LogP contribution in [0, 0.1) is 18.6 Å². The lowest BCUT2D eigenvalue weighted by atomic mass is 9.94. The number of amides is 1. The van der Waals surface area contributed by atoms with Crippen molar-refractivity contribution in [3.8, 4) is 11.5 Å². The van der Waals surface area contributed by atoms with Crippen molar-refractivity contribution < 1.29 is 23.4 Å². The highest BCUT2D eigenvalue weighted by atomic mass is 35.5. The molecule has 0 unspecified atom stereocenters. The minimum absolute atomic E-state index is 0.0587. The summed E-state index contributed by atoms with van der Waals surface area (Å²) < 4.78 is 34.5. The number of likely N-dealkylation sites (N-methyl/N-ethyl adjacent to an activating group) is 1. The Labute approximate surface area is 162 Å². The van der Waals surface area contributed by atoms with E-state index in [4.69, 9.17) is 16.3 Å². The second-order valence-electron chi connectivity index (χ2n) is 6.56. The zero-order valence-electron chi connectivity index (χ0n) is 15.6. The fourth-order valence-corrected chi connectivity index (χ4v) is 3.11. The lowest BCUT2D eigenvalue weighted by Crippen LogP contribution is -2.25. The molecule has 2 aromatic rings. The van der Waals surface area contributed by atoms with Crippen LogP contribution < -0.4 is 10.1 Å². The average molecular weight is 398 g/mol. The van der Waals surface area contributed by atoms with Crippen LogP contribution in [0.2, 0.25) is 5.02 Å². The zero-order valence-corrected chi connectivity index (χ0v) is 16.4. The van der Waals surface area contributed by atoms with Crippen molar-refractivity contribution >= 4 is 17.5 Å². The predicted molar refractivity (Wildman–Crippen MR) is 101 cm³/mol. The number of rotatable bonds is 6. The molecule has 0 bridgehead atoms. The number of phenols is 1. The van der Waals surface area contributed by atoms with Gasteiger partial charge in [-0.25, -0.2) is 8.78 Å². The van der Waals surface area contributed by atoms with Gasteiger partial charge in [0.05, 0.1) is 5.02 Å². The van der Waals surface area contributed by atoms with Gasteiger partial charge in [-0.1, -0.05) is 31.5 Å². The summed E-state index contributed by atoms with van der Waals surface area (Å²) in [6, 6.07) is 4.32. The number of hydrogen-bond acceptors (Lipinski definition) is 3. The Morgan fingerprint density at radius 3 is 2.56 bits per heavy atom. The fourth-order valence-electron chi connectivity index (χ4n) is 2.80. The van der Waals surface area contributed by atoms with Crippen LogP contribution in [-0.2, 0) is 11.2 Å². The topological polar surface area (TPSA) is 58.6 Å². The molecule has 0 radical (unpaired) electrons. The summed E-state index contributed by atoms with van der Waals surface area (Å²) in [6.45, 7) is 4.92. The number of carbonyl (C=O) groups is 1. The smallest absolute Gasteiger partial charge is 0.257 e. The van der Waals surface area contributed by atoms with E-state index >= 15 is 0 Å². The third-order valence-corrected chi connectivity index (χ3v) is 4.71. The van der Waals surface area contributed by atoms with Gasteiger partial charge in [-0.05, 0) is 41.7 Å². The normalized spacial score (nSPS) is 11.0. The summed E-state index contributed by atoms with van der Waals surface area (Å²) in [5, 5.41) is 12.1. The molecule has 0 aromatic heterocycles. The third kappa shape index (κ3) is 4.50. The highest BCUT2D eigenvalue weighted by Gasteiger charge is 2.21. The zero-order chi connectivity index (χ0) is 20.3. The van der Waals surface area contributed by atoms with Crippen molar-refractivity contribution in [2.24, 2.45) is 0 Å². The first-order valence-corrected chi connectivity index (χ1v) is 8.86. The molecule has 2 N–H and O–H groups in total. The monoisotopic (exact) mass is 397 g/mol. The van der Waals surface area contributed by atoms with E-state index < -0.39 is 17.5 Å². The van der Waals surface area contributed by atoms with Crippen molar-refractivity contribution in [2.75, 3.05) is 13.7 Å². The van der Waals surface area contributed by atoms with Crippen molar-refractivity contribution in [3.63, 3.8) is 0 Å². The molecule has 4 nitrogen and oxygen atoms in total. The van der Waals surface area contributed by atoms with Gasteiger partial charge in [0.1, 0.15) is 11.6 Å². The van der Waals surface area contributed by atoms with Crippen molar-refractivity contribution in [1.29, 1.82) is 0 Å². The molecule has 0 aliphatic carbocycles. The van der Waals surface area contributed by atoms with Crippen LogP contribution in [-0.4, -0.2) is 24.7 Å². The molecule has 0 saturated heterocycles. The Balaban J connectivity index is 2.39. The van der Waals surface area contributed by atoms with E-state index in [1.807, 2.05) is 0 Å². The SMILES string of the molecule is CNC(=O)COc1cc(C)c(Cc2ccc(O)c(C(C)C)c2F)c(Cl)c1F. The van der Waals surface area contributed by atoms with E-state index in [9.17, 15) is 18.7 Å². The molecule has 2 rings (SSSR count). The highest BCUT2D eigenvalue weighted by Crippen LogP contribution is 2.35. The number of carbonyl (C=O) groups excluding carboxylic acids is 1. The van der Waals surface area contributed by atoms with E-state index in [1.54, 1.807) is 20.8 Å². The summed E-state index contributed by atoms with van der Waals surface area (Å²) in [6.07, 6.45) is 0.0587. The average Bonchev–Trinajstić information content (AvgIpc) is 2.61. The molecule has 0 aliphatic rings. The van der Waals surface area contributed by atoms with Crippen molar-refractivity contribution in [1.82, 2.24) is 5.32 Å². The largest absolute Gasteiger partial charge is 0.508 e. The minimum atomic E-state index is -0.801.